The van der Waals surface area contributed by atoms with Crippen molar-refractivity contribution in [1.29, 1.82) is 0 Å². The molecule has 2 rings (SSSR count). The number of esters is 1. The summed E-state index contributed by atoms with van der Waals surface area (Å²) in [4.78, 5) is 34.6. The van der Waals surface area contributed by atoms with Crippen LogP contribution >= 0.6 is 0 Å². The van der Waals surface area contributed by atoms with E-state index in [4.69, 9.17) is 0 Å². The van der Waals surface area contributed by atoms with Crippen molar-refractivity contribution in [2.24, 2.45) is 0 Å². The zero-order valence-corrected chi connectivity index (χ0v) is 11.1. The number of nitrogens with one attached hydrogen (secondary N) is 2. The first-order valence-electron chi connectivity index (χ1n) is 6.43. The first kappa shape index (κ1) is 14.0. The Morgan fingerprint density at radius 2 is 1.80 bits per heavy atom. The molecule has 1 aromatic rings. The highest BCUT2D eigenvalue weighted by atomic mass is 16.5. The van der Waals surface area contributed by atoms with Crippen molar-refractivity contribution < 1.29 is 19.1 Å². The van der Waals surface area contributed by atoms with Crippen molar-refractivity contribution in [3.05, 3.63) is 35.9 Å². The maximum absolute atomic E-state index is 12.1. The van der Waals surface area contributed by atoms with Crippen molar-refractivity contribution in [3.8, 4) is 0 Å². The summed E-state index contributed by atoms with van der Waals surface area (Å²) in [5.41, 5.74) is 4.66. The van der Waals surface area contributed by atoms with Gasteiger partial charge in [-0.05, 0) is 25.3 Å². The number of carbonyl (C=O) groups excluding carboxylic acids is 3. The predicted octanol–water partition coefficient (Wildman–Crippen LogP) is 0.429. The maximum atomic E-state index is 12.1. The molecule has 106 valence electrons. The zero-order chi connectivity index (χ0) is 14.6. The quantitative estimate of drug-likeness (QED) is 0.476. The first-order valence-corrected chi connectivity index (χ1v) is 6.43. The van der Waals surface area contributed by atoms with Crippen LogP contribution in [0.1, 0.15) is 25.3 Å². The van der Waals surface area contributed by atoms with E-state index in [0.717, 1.165) is 18.4 Å². The third kappa shape index (κ3) is 2.79. The second kappa shape index (κ2) is 5.73. The van der Waals surface area contributed by atoms with Crippen molar-refractivity contribution in [3.63, 3.8) is 0 Å². The second-order valence-corrected chi connectivity index (χ2v) is 4.58. The summed E-state index contributed by atoms with van der Waals surface area (Å²) in [5.74, 6) is -2.32. The molecule has 1 aromatic carbocycles. The molecule has 1 fully saturated rings. The van der Waals surface area contributed by atoms with E-state index < -0.39 is 17.3 Å². The van der Waals surface area contributed by atoms with Crippen LogP contribution < -0.4 is 10.9 Å². The van der Waals surface area contributed by atoms with Gasteiger partial charge in [-0.2, -0.15) is 0 Å². The summed E-state index contributed by atoms with van der Waals surface area (Å²) in [6.07, 6.45) is 1.44. The predicted molar refractivity (Wildman–Crippen MR) is 70.3 cm³/mol. The van der Waals surface area contributed by atoms with Crippen LogP contribution in [0.25, 0.3) is 0 Å². The van der Waals surface area contributed by atoms with Gasteiger partial charge in [0.15, 0.2) is 0 Å². The number of carbonyl (C=O) groups is 3. The average Bonchev–Trinajstić information content (AvgIpc) is 3.27. The Bertz CT molecular complexity index is 523. The molecule has 0 bridgehead atoms. The molecule has 0 spiro atoms. The molecule has 6 nitrogen and oxygen atoms in total. The van der Waals surface area contributed by atoms with Gasteiger partial charge in [0.05, 0.1) is 12.0 Å². The first-order chi connectivity index (χ1) is 9.60. The van der Waals surface area contributed by atoms with Crippen molar-refractivity contribution in [1.82, 2.24) is 10.9 Å². The molecule has 0 radical (unpaired) electrons. The van der Waals surface area contributed by atoms with E-state index in [2.05, 4.69) is 15.6 Å². The van der Waals surface area contributed by atoms with E-state index in [-0.39, 0.29) is 12.5 Å². The molecule has 0 aliphatic heterocycles. The highest BCUT2D eigenvalue weighted by Gasteiger charge is 2.51. The number of benzene rings is 1. The standard InChI is InChI=1S/C14H16N2O4/c1-2-20-12(18)11(17)15-16-13(19)14(8-9-14)10-6-4-3-5-7-10/h3-7H,2,8-9H2,1H3,(H,15,17)(H,16,19). The van der Waals surface area contributed by atoms with Crippen molar-refractivity contribution >= 4 is 17.8 Å². The van der Waals surface area contributed by atoms with E-state index in [1.807, 2.05) is 30.3 Å². The van der Waals surface area contributed by atoms with Gasteiger partial charge in [-0.15, -0.1) is 0 Å². The van der Waals surface area contributed by atoms with Crippen LogP contribution in [0.3, 0.4) is 0 Å². The molecule has 0 heterocycles. The molecule has 2 N–H and O–H groups in total. The summed E-state index contributed by atoms with van der Waals surface area (Å²) >= 11 is 0. The maximum Gasteiger partial charge on any atom is 0.398 e. The molecular weight excluding hydrogens is 260 g/mol. The van der Waals surface area contributed by atoms with Gasteiger partial charge in [-0.1, -0.05) is 30.3 Å². The fourth-order valence-electron chi connectivity index (χ4n) is 2.01. The Labute approximate surface area is 116 Å². The lowest BCUT2D eigenvalue weighted by Gasteiger charge is -2.15. The number of hydrogen-bond donors (Lipinski definition) is 2. The largest absolute Gasteiger partial charge is 0.459 e. The highest BCUT2D eigenvalue weighted by Crippen LogP contribution is 2.48. The Morgan fingerprint density at radius 1 is 1.15 bits per heavy atom. The molecule has 1 aliphatic carbocycles. The topological polar surface area (TPSA) is 84.5 Å². The normalized spacial score (nSPS) is 15.1. The fourth-order valence-corrected chi connectivity index (χ4v) is 2.01. The lowest BCUT2D eigenvalue weighted by atomic mass is 9.95. The summed E-state index contributed by atoms with van der Waals surface area (Å²) in [5, 5.41) is 0. The molecule has 20 heavy (non-hydrogen) atoms. The van der Waals surface area contributed by atoms with Crippen LogP contribution in [-0.2, 0) is 24.5 Å². The number of ether oxygens (including phenoxy) is 1. The molecule has 0 saturated heterocycles. The minimum atomic E-state index is -1.02. The monoisotopic (exact) mass is 276 g/mol. The minimum absolute atomic E-state index is 0.105. The van der Waals surface area contributed by atoms with Crippen LogP contribution in [0, 0.1) is 0 Å². The van der Waals surface area contributed by atoms with E-state index in [1.165, 1.54) is 0 Å². The van der Waals surface area contributed by atoms with Gasteiger partial charge >= 0.3 is 11.9 Å². The number of hydrogen-bond acceptors (Lipinski definition) is 4. The van der Waals surface area contributed by atoms with Crippen molar-refractivity contribution in [2.45, 2.75) is 25.2 Å². The fraction of sp³-hybridized carbons (Fsp3) is 0.357. The summed E-state index contributed by atoms with van der Waals surface area (Å²) in [6, 6.07) is 9.35. The number of rotatable bonds is 3. The molecule has 0 unspecified atom stereocenters. The van der Waals surface area contributed by atoms with Crippen LogP contribution in [-0.4, -0.2) is 24.4 Å². The van der Waals surface area contributed by atoms with E-state index in [0.29, 0.717) is 0 Å². The van der Waals surface area contributed by atoms with Gasteiger partial charge in [-0.25, -0.2) is 4.79 Å². The van der Waals surface area contributed by atoms with Crippen LogP contribution in [0.2, 0.25) is 0 Å². The average molecular weight is 276 g/mol. The van der Waals surface area contributed by atoms with Gasteiger partial charge in [0, 0.05) is 0 Å². The second-order valence-electron chi connectivity index (χ2n) is 4.58. The highest BCUT2D eigenvalue weighted by molar-refractivity contribution is 6.32. The number of amides is 2. The lowest BCUT2D eigenvalue weighted by Crippen LogP contribution is -2.49. The lowest BCUT2D eigenvalue weighted by molar-refractivity contribution is -0.155. The minimum Gasteiger partial charge on any atom is -0.459 e. The van der Waals surface area contributed by atoms with Gasteiger partial charge in [-0.3, -0.25) is 20.4 Å². The van der Waals surface area contributed by atoms with Gasteiger partial charge in [0.2, 0.25) is 5.91 Å². The molecule has 6 heteroatoms. The van der Waals surface area contributed by atoms with E-state index in [1.54, 1.807) is 6.92 Å². The van der Waals surface area contributed by atoms with E-state index >= 15 is 0 Å². The smallest absolute Gasteiger partial charge is 0.398 e. The Balaban J connectivity index is 1.93. The SMILES string of the molecule is CCOC(=O)C(=O)NNC(=O)C1(c2ccccc2)CC1. The van der Waals surface area contributed by atoms with E-state index in [9.17, 15) is 14.4 Å². The molecule has 0 aromatic heterocycles. The third-order valence-corrected chi connectivity index (χ3v) is 3.26. The Morgan fingerprint density at radius 3 is 2.35 bits per heavy atom. The summed E-state index contributed by atoms with van der Waals surface area (Å²) in [7, 11) is 0. The van der Waals surface area contributed by atoms with Gasteiger partial charge < -0.3 is 4.74 Å². The van der Waals surface area contributed by atoms with Crippen LogP contribution in [0.15, 0.2) is 30.3 Å². The zero-order valence-electron chi connectivity index (χ0n) is 11.1. The van der Waals surface area contributed by atoms with Gasteiger partial charge in [0.1, 0.15) is 0 Å². The van der Waals surface area contributed by atoms with Gasteiger partial charge in [0.25, 0.3) is 0 Å². The van der Waals surface area contributed by atoms with Crippen molar-refractivity contribution in [2.75, 3.05) is 6.61 Å². The molecule has 2 amide bonds. The number of hydrazine groups is 1. The Kier molecular flexibility index (Phi) is 4.02. The molecule has 0 atom stereocenters. The molecule has 1 aliphatic rings. The van der Waals surface area contributed by atoms with Crippen LogP contribution in [0.5, 0.6) is 0 Å². The molecule has 1 saturated carbocycles. The third-order valence-electron chi connectivity index (χ3n) is 3.26. The summed E-state index contributed by atoms with van der Waals surface area (Å²) < 4.78 is 4.52. The molecular formula is C14H16N2O4. The Hall–Kier alpha value is -2.37. The summed E-state index contributed by atoms with van der Waals surface area (Å²) in [6.45, 7) is 1.70. The van der Waals surface area contributed by atoms with Crippen LogP contribution in [0.4, 0.5) is 0 Å².